The van der Waals surface area contributed by atoms with Crippen molar-refractivity contribution in [1.82, 2.24) is 14.4 Å². The van der Waals surface area contributed by atoms with E-state index in [-0.39, 0.29) is 0 Å². The van der Waals surface area contributed by atoms with Gasteiger partial charge in [0.1, 0.15) is 0 Å². The average Bonchev–Trinajstić information content (AvgIpc) is 3.21. The second-order valence-electron chi connectivity index (χ2n) is 8.10. The molecule has 1 aromatic carbocycles. The molecule has 6 nitrogen and oxygen atoms in total. The van der Waals surface area contributed by atoms with Crippen LogP contribution in [0.25, 0.3) is 0 Å². The molecule has 1 fully saturated rings. The van der Waals surface area contributed by atoms with Crippen molar-refractivity contribution in [3.05, 3.63) is 41.0 Å². The van der Waals surface area contributed by atoms with Crippen LogP contribution < -0.4 is 0 Å². The standard InChI is InChI=1S/C21H29N3O3S/c1-24(14-13-20-22-21(27-23-20)17-8-3-2-4-9-17)28(25,26)19-12-11-16-7-5-6-10-18(16)15-19/h11-12,15,17H,2-10,13-14H2,1H3. The normalized spacial score (nSPS) is 18.4. The number of hydrogen-bond acceptors (Lipinski definition) is 5. The van der Waals surface area contributed by atoms with Crippen LogP contribution >= 0.6 is 0 Å². The van der Waals surface area contributed by atoms with Crippen LogP contribution in [0.2, 0.25) is 0 Å². The molecule has 2 aromatic rings. The van der Waals surface area contributed by atoms with Crippen molar-refractivity contribution in [3.8, 4) is 0 Å². The van der Waals surface area contributed by atoms with Crippen LogP contribution in [0.5, 0.6) is 0 Å². The van der Waals surface area contributed by atoms with Crippen LogP contribution in [0.1, 0.15) is 73.7 Å². The Bertz CT molecular complexity index is 917. The van der Waals surface area contributed by atoms with Gasteiger partial charge in [0.2, 0.25) is 15.9 Å². The highest BCUT2D eigenvalue weighted by atomic mass is 32.2. The number of fused-ring (bicyclic) bond motifs is 1. The minimum Gasteiger partial charge on any atom is -0.339 e. The Kier molecular flexibility index (Phi) is 5.83. The summed E-state index contributed by atoms with van der Waals surface area (Å²) in [5.74, 6) is 1.68. The SMILES string of the molecule is CN(CCc1noc(C2CCCCC2)n1)S(=O)(=O)c1ccc2c(c1)CCCC2. The van der Waals surface area contributed by atoms with Crippen molar-refractivity contribution in [2.24, 2.45) is 0 Å². The second kappa shape index (κ2) is 8.33. The van der Waals surface area contributed by atoms with Crippen molar-refractivity contribution in [1.29, 1.82) is 0 Å². The van der Waals surface area contributed by atoms with Gasteiger partial charge in [-0.2, -0.15) is 4.98 Å². The maximum Gasteiger partial charge on any atom is 0.242 e. The predicted octanol–water partition coefficient (Wildman–Crippen LogP) is 3.86. The fraction of sp³-hybridized carbons (Fsp3) is 0.619. The molecular formula is C21H29N3O3S. The number of sulfonamides is 1. The van der Waals surface area contributed by atoms with Crippen molar-refractivity contribution in [2.45, 2.75) is 75.0 Å². The Morgan fingerprint density at radius 3 is 2.61 bits per heavy atom. The molecule has 0 spiro atoms. The number of benzene rings is 1. The lowest BCUT2D eigenvalue weighted by Gasteiger charge is -2.20. The minimum atomic E-state index is -3.51. The summed E-state index contributed by atoms with van der Waals surface area (Å²) >= 11 is 0. The summed E-state index contributed by atoms with van der Waals surface area (Å²) in [4.78, 5) is 4.90. The van der Waals surface area contributed by atoms with Gasteiger partial charge in [-0.25, -0.2) is 12.7 Å². The van der Waals surface area contributed by atoms with E-state index in [1.54, 1.807) is 13.1 Å². The quantitative estimate of drug-likeness (QED) is 0.732. The Labute approximate surface area is 167 Å². The monoisotopic (exact) mass is 403 g/mol. The zero-order valence-electron chi connectivity index (χ0n) is 16.6. The third-order valence-corrected chi connectivity index (χ3v) is 7.97. The van der Waals surface area contributed by atoms with E-state index in [0.717, 1.165) is 38.0 Å². The average molecular weight is 404 g/mol. The molecular weight excluding hydrogens is 374 g/mol. The topological polar surface area (TPSA) is 76.3 Å². The summed E-state index contributed by atoms with van der Waals surface area (Å²) < 4.78 is 32.7. The molecule has 7 heteroatoms. The van der Waals surface area contributed by atoms with Crippen molar-refractivity contribution < 1.29 is 12.9 Å². The van der Waals surface area contributed by atoms with Crippen molar-refractivity contribution in [2.75, 3.05) is 13.6 Å². The highest BCUT2D eigenvalue weighted by molar-refractivity contribution is 7.89. The summed E-state index contributed by atoms with van der Waals surface area (Å²) in [6.07, 6.45) is 10.7. The summed E-state index contributed by atoms with van der Waals surface area (Å²) in [5.41, 5.74) is 2.46. The van der Waals surface area contributed by atoms with Crippen LogP contribution in [-0.4, -0.2) is 36.5 Å². The smallest absolute Gasteiger partial charge is 0.242 e. The van der Waals surface area contributed by atoms with Gasteiger partial charge in [-0.15, -0.1) is 0 Å². The Balaban J connectivity index is 1.40. The van der Waals surface area contributed by atoms with Crippen molar-refractivity contribution >= 4 is 10.0 Å². The first-order chi connectivity index (χ1) is 13.5. The van der Waals surface area contributed by atoms with E-state index in [1.165, 1.54) is 41.1 Å². The molecule has 2 aliphatic carbocycles. The lowest BCUT2D eigenvalue weighted by molar-refractivity contribution is 0.311. The number of aryl methyl sites for hydroxylation is 2. The van der Waals surface area contributed by atoms with E-state index in [9.17, 15) is 8.42 Å². The molecule has 0 N–H and O–H groups in total. The van der Waals surface area contributed by atoms with E-state index in [0.29, 0.717) is 29.6 Å². The third kappa shape index (κ3) is 4.15. The second-order valence-corrected chi connectivity index (χ2v) is 10.1. The zero-order chi connectivity index (χ0) is 19.6. The maximum absolute atomic E-state index is 13.0. The van der Waals surface area contributed by atoms with Gasteiger partial charge in [-0.05, 0) is 61.8 Å². The minimum absolute atomic E-state index is 0.336. The van der Waals surface area contributed by atoms with Crippen LogP contribution in [-0.2, 0) is 29.3 Å². The van der Waals surface area contributed by atoms with Crippen LogP contribution in [0.4, 0.5) is 0 Å². The molecule has 2 aliphatic rings. The summed E-state index contributed by atoms with van der Waals surface area (Å²) in [5, 5.41) is 4.07. The fourth-order valence-corrected chi connectivity index (χ4v) is 5.53. The Morgan fingerprint density at radius 2 is 1.82 bits per heavy atom. The molecule has 0 radical (unpaired) electrons. The van der Waals surface area contributed by atoms with Gasteiger partial charge in [-0.1, -0.05) is 30.5 Å². The Hall–Kier alpha value is -1.73. The van der Waals surface area contributed by atoms with Gasteiger partial charge in [0, 0.05) is 25.9 Å². The first-order valence-electron chi connectivity index (χ1n) is 10.4. The number of rotatable bonds is 6. The molecule has 1 aromatic heterocycles. The molecule has 0 saturated heterocycles. The first kappa shape index (κ1) is 19.6. The van der Waals surface area contributed by atoms with E-state index in [1.807, 2.05) is 12.1 Å². The van der Waals surface area contributed by atoms with E-state index < -0.39 is 10.0 Å². The maximum atomic E-state index is 13.0. The first-order valence-corrected chi connectivity index (χ1v) is 11.9. The molecule has 28 heavy (non-hydrogen) atoms. The van der Waals surface area contributed by atoms with Gasteiger partial charge < -0.3 is 4.52 Å². The van der Waals surface area contributed by atoms with E-state index in [2.05, 4.69) is 10.1 Å². The van der Waals surface area contributed by atoms with Gasteiger partial charge in [0.15, 0.2) is 5.82 Å². The Morgan fingerprint density at radius 1 is 1.07 bits per heavy atom. The molecule has 0 bridgehead atoms. The number of aromatic nitrogens is 2. The summed E-state index contributed by atoms with van der Waals surface area (Å²) in [7, 11) is -1.89. The van der Waals surface area contributed by atoms with E-state index >= 15 is 0 Å². The molecule has 152 valence electrons. The number of nitrogens with zero attached hydrogens (tertiary/aromatic N) is 3. The molecule has 0 amide bonds. The van der Waals surface area contributed by atoms with Crippen LogP contribution in [0.15, 0.2) is 27.6 Å². The molecule has 0 atom stereocenters. The van der Waals surface area contributed by atoms with Gasteiger partial charge in [0.25, 0.3) is 0 Å². The molecule has 1 heterocycles. The fourth-order valence-electron chi connectivity index (χ4n) is 4.31. The predicted molar refractivity (Wildman–Crippen MR) is 107 cm³/mol. The number of hydrogen-bond donors (Lipinski definition) is 0. The van der Waals surface area contributed by atoms with Gasteiger partial charge in [-0.3, -0.25) is 0 Å². The number of likely N-dealkylation sites (N-methyl/N-ethyl adjacent to an activating group) is 1. The molecule has 0 unspecified atom stereocenters. The summed E-state index contributed by atoms with van der Waals surface area (Å²) in [6.45, 7) is 0.336. The van der Waals surface area contributed by atoms with Gasteiger partial charge in [0.05, 0.1) is 4.90 Å². The summed E-state index contributed by atoms with van der Waals surface area (Å²) in [6, 6.07) is 5.58. The van der Waals surface area contributed by atoms with Crippen LogP contribution in [0.3, 0.4) is 0 Å². The molecule has 4 rings (SSSR count). The van der Waals surface area contributed by atoms with E-state index in [4.69, 9.17) is 4.52 Å². The largest absolute Gasteiger partial charge is 0.339 e. The lowest BCUT2D eigenvalue weighted by atomic mass is 9.89. The third-order valence-electron chi connectivity index (χ3n) is 6.12. The lowest BCUT2D eigenvalue weighted by Crippen LogP contribution is -2.29. The van der Waals surface area contributed by atoms with Crippen LogP contribution in [0, 0.1) is 0 Å². The van der Waals surface area contributed by atoms with Gasteiger partial charge >= 0.3 is 0 Å². The molecule has 0 aliphatic heterocycles. The zero-order valence-corrected chi connectivity index (χ0v) is 17.4. The highest BCUT2D eigenvalue weighted by Gasteiger charge is 2.24. The highest BCUT2D eigenvalue weighted by Crippen LogP contribution is 2.31. The van der Waals surface area contributed by atoms with Crippen molar-refractivity contribution in [3.63, 3.8) is 0 Å². The molecule has 1 saturated carbocycles.